The van der Waals surface area contributed by atoms with Gasteiger partial charge in [-0.15, -0.1) is 0 Å². The zero-order valence-corrected chi connectivity index (χ0v) is 19.1. The van der Waals surface area contributed by atoms with E-state index in [4.69, 9.17) is 28.3 Å². The van der Waals surface area contributed by atoms with Crippen LogP contribution in [0, 0.1) is 5.82 Å². The minimum Gasteiger partial charge on any atom is -0.351 e. The van der Waals surface area contributed by atoms with Gasteiger partial charge >= 0.3 is 0 Å². The summed E-state index contributed by atoms with van der Waals surface area (Å²) in [6, 6.07) is 23.1. The number of rotatable bonds is 4. The van der Waals surface area contributed by atoms with E-state index in [0.29, 0.717) is 27.4 Å². The second-order valence-corrected chi connectivity index (χ2v) is 8.36. The van der Waals surface area contributed by atoms with Gasteiger partial charge in [0.2, 0.25) is 5.82 Å². The first kappa shape index (κ1) is 21.3. The van der Waals surface area contributed by atoms with Crippen LogP contribution in [-0.2, 0) is 0 Å². The smallest absolute Gasteiger partial charge is 0.258 e. The summed E-state index contributed by atoms with van der Waals surface area (Å²) < 4.78 is 19.4. The monoisotopic (exact) mass is 476 g/mol. The van der Waals surface area contributed by atoms with Crippen molar-refractivity contribution in [1.82, 2.24) is 15.5 Å². The first-order chi connectivity index (χ1) is 16.0. The third kappa shape index (κ3) is 4.13. The van der Waals surface area contributed by atoms with Crippen LogP contribution in [0.3, 0.4) is 0 Å². The molecular weight excluding hydrogens is 459 g/mol. The van der Waals surface area contributed by atoms with E-state index in [1.807, 2.05) is 66.4 Å². The maximum Gasteiger partial charge on any atom is 0.258 e. The van der Waals surface area contributed by atoms with Crippen molar-refractivity contribution in [2.45, 2.75) is 13.0 Å². The molecule has 8 heteroatoms. The van der Waals surface area contributed by atoms with Crippen LogP contribution in [0.25, 0.3) is 17.0 Å². The van der Waals surface area contributed by atoms with Crippen molar-refractivity contribution in [2.75, 3.05) is 4.90 Å². The highest BCUT2D eigenvalue weighted by Crippen LogP contribution is 2.39. The average Bonchev–Trinajstić information content (AvgIpc) is 3.29. The number of aromatic nitrogens is 2. The van der Waals surface area contributed by atoms with Gasteiger partial charge in [-0.25, -0.2) is 4.39 Å². The van der Waals surface area contributed by atoms with Gasteiger partial charge in [0.25, 0.3) is 5.89 Å². The Bertz CT molecular complexity index is 1370. The van der Waals surface area contributed by atoms with E-state index in [1.165, 1.54) is 12.1 Å². The Balaban J connectivity index is 1.66. The van der Waals surface area contributed by atoms with Crippen molar-refractivity contribution in [3.63, 3.8) is 0 Å². The van der Waals surface area contributed by atoms with Gasteiger partial charge in [0, 0.05) is 22.0 Å². The van der Waals surface area contributed by atoms with Crippen LogP contribution in [0.5, 0.6) is 0 Å². The highest BCUT2D eigenvalue weighted by atomic mass is 35.5. The minimum atomic E-state index is -0.367. The van der Waals surface area contributed by atoms with Crippen LogP contribution >= 0.6 is 23.8 Å². The lowest BCUT2D eigenvalue weighted by atomic mass is 9.94. The summed E-state index contributed by atoms with van der Waals surface area (Å²) in [5.41, 5.74) is 3.93. The van der Waals surface area contributed by atoms with Crippen molar-refractivity contribution in [2.24, 2.45) is 0 Å². The van der Waals surface area contributed by atoms with Gasteiger partial charge in [-0.05, 0) is 55.0 Å². The van der Waals surface area contributed by atoms with Gasteiger partial charge in [-0.3, -0.25) is 4.90 Å². The molecule has 5 rings (SSSR count). The summed E-state index contributed by atoms with van der Waals surface area (Å²) >= 11 is 12.0. The van der Waals surface area contributed by atoms with Gasteiger partial charge in [-0.1, -0.05) is 65.3 Å². The van der Waals surface area contributed by atoms with Crippen molar-refractivity contribution >= 4 is 40.2 Å². The second-order valence-electron chi connectivity index (χ2n) is 7.54. The maximum absolute atomic E-state index is 13.7. The number of nitrogens with zero attached hydrogens (tertiary/aromatic N) is 3. The number of allylic oxidation sites excluding steroid dienone is 1. The van der Waals surface area contributed by atoms with Crippen molar-refractivity contribution in [1.29, 1.82) is 0 Å². The van der Waals surface area contributed by atoms with Gasteiger partial charge in [0.1, 0.15) is 5.82 Å². The summed E-state index contributed by atoms with van der Waals surface area (Å²) in [4.78, 5) is 6.49. The Morgan fingerprint density at radius 1 is 1.03 bits per heavy atom. The number of nitrogens with one attached hydrogen (secondary N) is 1. The SMILES string of the molecule is CC1=C(c2nc(-c3cccc(F)c3)no2)C(c2ccccc2)NC(=S)N1c1cccc(Cl)c1. The molecule has 4 aromatic rings. The van der Waals surface area contributed by atoms with E-state index in [-0.39, 0.29) is 11.9 Å². The zero-order chi connectivity index (χ0) is 22.9. The molecule has 0 fully saturated rings. The van der Waals surface area contributed by atoms with Gasteiger partial charge in [0.05, 0.1) is 11.6 Å². The topological polar surface area (TPSA) is 54.2 Å². The van der Waals surface area contributed by atoms with E-state index in [1.54, 1.807) is 12.1 Å². The standard InChI is InChI=1S/C25H18ClFN4OS/c1-15-21(24-29-23(30-32-24)17-9-5-11-19(27)13-17)22(16-7-3-2-4-8-16)28-25(33)31(15)20-12-6-10-18(26)14-20/h2-14,22H,1H3,(H,28,33). The third-order valence-electron chi connectivity index (χ3n) is 5.42. The number of thiocarbonyl (C=S) groups is 1. The molecule has 0 amide bonds. The molecule has 0 saturated heterocycles. The quantitative estimate of drug-likeness (QED) is 0.344. The minimum absolute atomic E-state index is 0.305. The average molecular weight is 477 g/mol. The lowest BCUT2D eigenvalue weighted by Crippen LogP contribution is -2.46. The van der Waals surface area contributed by atoms with Crippen LogP contribution < -0.4 is 10.2 Å². The number of halogens is 2. The second kappa shape index (κ2) is 8.77. The Morgan fingerprint density at radius 2 is 1.82 bits per heavy atom. The fourth-order valence-electron chi connectivity index (χ4n) is 3.92. The van der Waals surface area contributed by atoms with E-state index < -0.39 is 0 Å². The summed E-state index contributed by atoms with van der Waals surface area (Å²) in [5, 5.41) is 8.64. The third-order valence-corrected chi connectivity index (χ3v) is 5.96. The summed E-state index contributed by atoms with van der Waals surface area (Å²) in [5.74, 6) is 0.259. The molecule has 164 valence electrons. The predicted octanol–water partition coefficient (Wildman–Crippen LogP) is 6.40. The largest absolute Gasteiger partial charge is 0.351 e. The van der Waals surface area contributed by atoms with E-state index >= 15 is 0 Å². The van der Waals surface area contributed by atoms with E-state index in [2.05, 4.69) is 15.5 Å². The molecule has 1 unspecified atom stereocenters. The number of benzene rings is 3. The Labute approximate surface area is 200 Å². The molecule has 1 atom stereocenters. The highest BCUT2D eigenvalue weighted by molar-refractivity contribution is 7.80. The molecule has 1 aromatic heterocycles. The first-order valence-electron chi connectivity index (χ1n) is 10.2. The highest BCUT2D eigenvalue weighted by Gasteiger charge is 2.34. The van der Waals surface area contributed by atoms with Crippen molar-refractivity contribution in [3.8, 4) is 11.4 Å². The van der Waals surface area contributed by atoms with Crippen LogP contribution in [0.2, 0.25) is 5.02 Å². The normalized spacial score (nSPS) is 16.2. The predicted molar refractivity (Wildman–Crippen MR) is 131 cm³/mol. The summed E-state index contributed by atoms with van der Waals surface area (Å²) in [7, 11) is 0. The van der Waals surface area contributed by atoms with E-state index in [0.717, 1.165) is 22.5 Å². The van der Waals surface area contributed by atoms with Crippen LogP contribution in [0.1, 0.15) is 24.4 Å². The van der Waals surface area contributed by atoms with E-state index in [9.17, 15) is 4.39 Å². The Kier molecular flexibility index (Phi) is 5.66. The Morgan fingerprint density at radius 3 is 2.58 bits per heavy atom. The van der Waals surface area contributed by atoms with Crippen molar-refractivity contribution in [3.05, 3.63) is 107 Å². The molecule has 0 radical (unpaired) electrons. The fraction of sp³-hybridized carbons (Fsp3) is 0.0800. The van der Waals surface area contributed by atoms with Gasteiger partial charge < -0.3 is 9.84 Å². The fourth-order valence-corrected chi connectivity index (χ4v) is 4.46. The molecule has 0 saturated carbocycles. The molecule has 0 aliphatic carbocycles. The number of hydrogen-bond donors (Lipinski definition) is 1. The lowest BCUT2D eigenvalue weighted by Gasteiger charge is -2.37. The molecule has 1 aliphatic rings. The molecule has 33 heavy (non-hydrogen) atoms. The maximum atomic E-state index is 13.7. The van der Waals surface area contributed by atoms with Gasteiger partial charge in [0.15, 0.2) is 5.11 Å². The Hall–Kier alpha value is -3.55. The molecule has 5 nitrogen and oxygen atoms in total. The van der Waals surface area contributed by atoms with Crippen LogP contribution in [0.4, 0.5) is 10.1 Å². The lowest BCUT2D eigenvalue weighted by molar-refractivity contribution is 0.404. The number of hydrogen-bond acceptors (Lipinski definition) is 4. The number of anilines is 1. The molecule has 3 aromatic carbocycles. The molecule has 1 N–H and O–H groups in total. The van der Waals surface area contributed by atoms with Gasteiger partial charge in [-0.2, -0.15) is 4.98 Å². The molecule has 0 bridgehead atoms. The van der Waals surface area contributed by atoms with Crippen LogP contribution in [-0.4, -0.2) is 15.3 Å². The van der Waals surface area contributed by atoms with Crippen LogP contribution in [0.15, 0.2) is 89.1 Å². The summed E-state index contributed by atoms with van der Waals surface area (Å²) in [6.45, 7) is 1.95. The first-order valence-corrected chi connectivity index (χ1v) is 11.0. The molecule has 0 spiro atoms. The molecule has 1 aliphatic heterocycles. The summed E-state index contributed by atoms with van der Waals surface area (Å²) in [6.07, 6.45) is 0. The zero-order valence-electron chi connectivity index (χ0n) is 17.5. The molecule has 2 heterocycles. The van der Waals surface area contributed by atoms with Crippen molar-refractivity contribution < 1.29 is 8.91 Å². The molecular formula is C25H18ClFN4OS.